The van der Waals surface area contributed by atoms with Gasteiger partial charge in [-0.25, -0.2) is 0 Å². The Kier molecular flexibility index (Phi) is 2.41. The summed E-state index contributed by atoms with van der Waals surface area (Å²) in [4.78, 5) is 11.4. The predicted molar refractivity (Wildman–Crippen MR) is 50.3 cm³/mol. The highest BCUT2D eigenvalue weighted by molar-refractivity contribution is 5.79. The normalized spacial score (nSPS) is 40.1. The van der Waals surface area contributed by atoms with Crippen LogP contribution in [-0.4, -0.2) is 17.5 Å². The second-order valence-electron chi connectivity index (χ2n) is 4.86. The molecule has 0 aromatic heterocycles. The van der Waals surface area contributed by atoms with Gasteiger partial charge in [-0.15, -0.1) is 0 Å². The van der Waals surface area contributed by atoms with E-state index in [0.29, 0.717) is 23.7 Å². The Morgan fingerprint density at radius 2 is 2.31 bits per heavy atom. The van der Waals surface area contributed by atoms with Crippen LogP contribution in [0.5, 0.6) is 0 Å². The van der Waals surface area contributed by atoms with Crippen LogP contribution < -0.4 is 0 Å². The Balaban J connectivity index is 2.01. The van der Waals surface area contributed by atoms with Gasteiger partial charge >= 0.3 is 0 Å². The Morgan fingerprint density at radius 1 is 1.46 bits per heavy atom. The van der Waals surface area contributed by atoms with Crippen LogP contribution in [0.15, 0.2) is 0 Å². The van der Waals surface area contributed by atoms with Crippen molar-refractivity contribution >= 4 is 5.78 Å². The molecule has 0 saturated heterocycles. The molecule has 2 heteroatoms. The van der Waals surface area contributed by atoms with E-state index in [-0.39, 0.29) is 0 Å². The molecule has 2 saturated carbocycles. The number of aliphatic hydroxyl groups excluding tert-OH is 1. The van der Waals surface area contributed by atoms with Crippen molar-refractivity contribution in [3.63, 3.8) is 0 Å². The fourth-order valence-electron chi connectivity index (χ4n) is 3.13. The van der Waals surface area contributed by atoms with Crippen LogP contribution in [0.25, 0.3) is 0 Å². The van der Waals surface area contributed by atoms with Gasteiger partial charge in [0.1, 0.15) is 5.78 Å². The molecule has 2 rings (SSSR count). The van der Waals surface area contributed by atoms with Crippen LogP contribution in [0.4, 0.5) is 0 Å². The third kappa shape index (κ3) is 1.78. The quantitative estimate of drug-likeness (QED) is 0.672. The molecule has 2 atom stereocenters. The highest BCUT2D eigenvalue weighted by Gasteiger charge is 2.41. The van der Waals surface area contributed by atoms with Crippen molar-refractivity contribution in [2.75, 3.05) is 6.61 Å². The molecule has 2 fully saturated rings. The van der Waals surface area contributed by atoms with E-state index in [1.807, 2.05) is 0 Å². The van der Waals surface area contributed by atoms with Gasteiger partial charge in [-0.05, 0) is 43.4 Å². The molecule has 0 radical (unpaired) electrons. The molecular weight excluding hydrogens is 164 g/mol. The number of hydrogen-bond acceptors (Lipinski definition) is 2. The molecule has 0 aliphatic heterocycles. The van der Waals surface area contributed by atoms with Crippen LogP contribution in [0.3, 0.4) is 0 Å². The predicted octanol–water partition coefficient (Wildman–Crippen LogP) is 1.91. The van der Waals surface area contributed by atoms with E-state index >= 15 is 0 Å². The van der Waals surface area contributed by atoms with Crippen LogP contribution in [0.1, 0.15) is 44.9 Å². The van der Waals surface area contributed by atoms with Crippen LogP contribution in [-0.2, 0) is 4.79 Å². The highest BCUT2D eigenvalue weighted by atomic mass is 16.3. The van der Waals surface area contributed by atoms with E-state index in [0.717, 1.165) is 32.1 Å². The Morgan fingerprint density at radius 3 is 2.92 bits per heavy atom. The second kappa shape index (κ2) is 3.41. The number of Topliss-reactive ketones (excluding diaryl/α,β-unsaturated/α-hetero) is 1. The molecule has 1 spiro atoms. The number of hydrogen-bond donors (Lipinski definition) is 1. The number of aliphatic hydroxyl groups is 1. The van der Waals surface area contributed by atoms with Gasteiger partial charge in [0.25, 0.3) is 0 Å². The van der Waals surface area contributed by atoms with E-state index in [1.54, 1.807) is 0 Å². The fraction of sp³-hybridized carbons (Fsp3) is 0.909. The van der Waals surface area contributed by atoms with Crippen molar-refractivity contribution in [3.8, 4) is 0 Å². The lowest BCUT2D eigenvalue weighted by atomic mass is 9.72. The van der Waals surface area contributed by atoms with Gasteiger partial charge in [-0.3, -0.25) is 4.79 Å². The van der Waals surface area contributed by atoms with Crippen molar-refractivity contribution in [3.05, 3.63) is 0 Å². The van der Waals surface area contributed by atoms with E-state index in [4.69, 9.17) is 5.11 Å². The smallest absolute Gasteiger partial charge is 0.133 e. The summed E-state index contributed by atoms with van der Waals surface area (Å²) in [6, 6.07) is 0. The van der Waals surface area contributed by atoms with E-state index in [1.165, 1.54) is 12.8 Å². The number of carbonyl (C=O) groups is 1. The molecular formula is C11H18O2. The van der Waals surface area contributed by atoms with Gasteiger partial charge in [0.2, 0.25) is 0 Å². The molecule has 0 bridgehead atoms. The molecule has 0 heterocycles. The summed E-state index contributed by atoms with van der Waals surface area (Å²) in [5, 5.41) is 9.06. The second-order valence-corrected chi connectivity index (χ2v) is 4.86. The molecule has 1 N–H and O–H groups in total. The summed E-state index contributed by atoms with van der Waals surface area (Å²) in [6.45, 7) is 0.315. The standard InChI is InChI=1S/C11H18O2/c12-8-9-3-5-11(6-9)4-1-2-10(13)7-11/h9,12H,1-8H2/t9-,11+/m1/s1. The topological polar surface area (TPSA) is 37.3 Å². The van der Waals surface area contributed by atoms with Gasteiger partial charge in [0.15, 0.2) is 0 Å². The van der Waals surface area contributed by atoms with Crippen molar-refractivity contribution in [1.82, 2.24) is 0 Å². The maximum atomic E-state index is 11.4. The minimum atomic E-state index is 0.308. The first-order valence-electron chi connectivity index (χ1n) is 5.37. The number of rotatable bonds is 1. The van der Waals surface area contributed by atoms with Gasteiger partial charge in [-0.1, -0.05) is 0 Å². The van der Waals surface area contributed by atoms with E-state index in [9.17, 15) is 4.79 Å². The van der Waals surface area contributed by atoms with Crippen LogP contribution in [0, 0.1) is 11.3 Å². The zero-order valence-corrected chi connectivity index (χ0v) is 8.09. The summed E-state index contributed by atoms with van der Waals surface area (Å²) < 4.78 is 0. The Bertz CT molecular complexity index is 212. The van der Waals surface area contributed by atoms with Crippen molar-refractivity contribution in [1.29, 1.82) is 0 Å². The van der Waals surface area contributed by atoms with Gasteiger partial charge in [0, 0.05) is 19.4 Å². The first kappa shape index (κ1) is 9.20. The van der Waals surface area contributed by atoms with E-state index < -0.39 is 0 Å². The lowest BCUT2D eigenvalue weighted by Crippen LogP contribution is -2.26. The van der Waals surface area contributed by atoms with Gasteiger partial charge in [0.05, 0.1) is 0 Å². The lowest BCUT2D eigenvalue weighted by molar-refractivity contribution is -0.123. The Labute approximate surface area is 79.3 Å². The summed E-state index contributed by atoms with van der Waals surface area (Å²) in [6.07, 6.45) is 7.28. The molecule has 2 aliphatic carbocycles. The summed E-state index contributed by atoms with van der Waals surface area (Å²) >= 11 is 0. The fourth-order valence-corrected chi connectivity index (χ4v) is 3.13. The van der Waals surface area contributed by atoms with Gasteiger partial charge < -0.3 is 5.11 Å². The molecule has 2 nitrogen and oxygen atoms in total. The number of ketones is 1. The first-order valence-corrected chi connectivity index (χ1v) is 5.37. The maximum Gasteiger partial charge on any atom is 0.133 e. The molecule has 0 unspecified atom stereocenters. The Hall–Kier alpha value is -0.370. The van der Waals surface area contributed by atoms with Crippen molar-refractivity contribution in [2.45, 2.75) is 44.9 Å². The summed E-state index contributed by atoms with van der Waals surface area (Å²) in [5.74, 6) is 0.927. The van der Waals surface area contributed by atoms with Crippen molar-refractivity contribution < 1.29 is 9.90 Å². The minimum absolute atomic E-state index is 0.308. The highest BCUT2D eigenvalue weighted by Crippen LogP contribution is 2.50. The molecule has 0 aromatic carbocycles. The van der Waals surface area contributed by atoms with E-state index in [2.05, 4.69) is 0 Å². The number of carbonyl (C=O) groups excluding carboxylic acids is 1. The zero-order chi connectivity index (χ0) is 9.31. The monoisotopic (exact) mass is 182 g/mol. The molecule has 74 valence electrons. The summed E-state index contributed by atoms with van der Waals surface area (Å²) in [7, 11) is 0. The molecule has 2 aliphatic rings. The average Bonchev–Trinajstić information content (AvgIpc) is 2.48. The zero-order valence-electron chi connectivity index (χ0n) is 8.09. The first-order chi connectivity index (χ1) is 6.24. The maximum absolute atomic E-state index is 11.4. The molecule has 13 heavy (non-hydrogen) atoms. The van der Waals surface area contributed by atoms with Crippen molar-refractivity contribution in [2.24, 2.45) is 11.3 Å². The largest absolute Gasteiger partial charge is 0.396 e. The third-order valence-corrected chi connectivity index (χ3v) is 3.80. The average molecular weight is 182 g/mol. The van der Waals surface area contributed by atoms with Crippen LogP contribution >= 0.6 is 0 Å². The third-order valence-electron chi connectivity index (χ3n) is 3.80. The molecule has 0 amide bonds. The summed E-state index contributed by atoms with van der Waals surface area (Å²) in [5.41, 5.74) is 0.308. The van der Waals surface area contributed by atoms with Crippen LogP contribution in [0.2, 0.25) is 0 Å². The SMILES string of the molecule is O=C1CCC[C@@]2(CC[C@@H](CO)C2)C1. The minimum Gasteiger partial charge on any atom is -0.396 e. The van der Waals surface area contributed by atoms with Gasteiger partial charge in [-0.2, -0.15) is 0 Å². The molecule has 0 aromatic rings. The lowest BCUT2D eigenvalue weighted by Gasteiger charge is -2.32.